The lowest BCUT2D eigenvalue weighted by Crippen LogP contribution is -2.50. The standard InChI is InChI=1S/C11H11BO5/c1-2-5-15-9-3-4-10-8(6-9)7-11(16-10)17-12(13)14/h3-4,6-7H,2,5H2,1H3/q-2. The maximum absolute atomic E-state index is 10.3. The van der Waals surface area contributed by atoms with Crippen LogP contribution in [0.1, 0.15) is 13.3 Å². The van der Waals surface area contributed by atoms with Crippen molar-refractivity contribution in [1.29, 1.82) is 0 Å². The summed E-state index contributed by atoms with van der Waals surface area (Å²) in [6, 6.07) is 6.73. The van der Waals surface area contributed by atoms with E-state index in [0.717, 1.165) is 11.8 Å². The highest BCUT2D eigenvalue weighted by Crippen LogP contribution is 2.28. The van der Waals surface area contributed by atoms with Gasteiger partial charge in [0.15, 0.2) is 0 Å². The Balaban J connectivity index is 2.21. The van der Waals surface area contributed by atoms with E-state index in [4.69, 9.17) is 9.15 Å². The molecular formula is C11H11BO5-2. The van der Waals surface area contributed by atoms with Crippen LogP contribution in [0.3, 0.4) is 0 Å². The quantitative estimate of drug-likeness (QED) is 0.695. The molecule has 1 aromatic carbocycles. The summed E-state index contributed by atoms with van der Waals surface area (Å²) in [6.07, 6.45) is 0.922. The summed E-state index contributed by atoms with van der Waals surface area (Å²) < 4.78 is 15.0. The summed E-state index contributed by atoms with van der Waals surface area (Å²) >= 11 is 0. The van der Waals surface area contributed by atoms with Gasteiger partial charge in [0.1, 0.15) is 18.7 Å². The Hall–Kier alpha value is -1.66. The third kappa shape index (κ3) is 2.92. The van der Waals surface area contributed by atoms with Crippen molar-refractivity contribution in [2.75, 3.05) is 6.61 Å². The lowest BCUT2D eigenvalue weighted by molar-refractivity contribution is -0.373. The molecule has 90 valence electrons. The Bertz CT molecular complexity index is 494. The normalized spacial score (nSPS) is 10.5. The highest BCUT2D eigenvalue weighted by molar-refractivity contribution is 6.29. The van der Waals surface area contributed by atoms with Crippen molar-refractivity contribution in [2.45, 2.75) is 13.3 Å². The second kappa shape index (κ2) is 5.12. The smallest absolute Gasteiger partial charge is 0.264 e. The molecule has 0 saturated carbocycles. The third-order valence-corrected chi connectivity index (χ3v) is 2.15. The van der Waals surface area contributed by atoms with Gasteiger partial charge in [0.25, 0.3) is 5.95 Å². The van der Waals surface area contributed by atoms with Gasteiger partial charge in [-0.05, 0) is 24.6 Å². The monoisotopic (exact) mass is 234 g/mol. The SMILES string of the molecule is CCCOc1ccc2oc(OB([O-])[O-])cc2c1. The molecule has 0 radical (unpaired) electrons. The zero-order chi connectivity index (χ0) is 12.3. The zero-order valence-electron chi connectivity index (χ0n) is 9.34. The second-order valence-corrected chi connectivity index (χ2v) is 3.52. The van der Waals surface area contributed by atoms with Crippen LogP contribution in [-0.2, 0) is 0 Å². The second-order valence-electron chi connectivity index (χ2n) is 3.52. The average molecular weight is 234 g/mol. The van der Waals surface area contributed by atoms with E-state index < -0.39 is 7.32 Å². The highest BCUT2D eigenvalue weighted by atomic mass is 16.7. The first-order chi connectivity index (χ1) is 8.19. The van der Waals surface area contributed by atoms with Crippen molar-refractivity contribution in [3.63, 3.8) is 0 Å². The van der Waals surface area contributed by atoms with Gasteiger partial charge in [-0.2, -0.15) is 0 Å². The summed E-state index contributed by atoms with van der Waals surface area (Å²) in [7, 11) is -2.38. The molecule has 0 spiro atoms. The molecule has 0 aliphatic carbocycles. The van der Waals surface area contributed by atoms with Gasteiger partial charge in [-0.1, -0.05) is 6.92 Å². The predicted molar refractivity (Wildman–Crippen MR) is 58.4 cm³/mol. The number of furan rings is 1. The zero-order valence-corrected chi connectivity index (χ0v) is 9.34. The van der Waals surface area contributed by atoms with Gasteiger partial charge in [0.2, 0.25) is 0 Å². The van der Waals surface area contributed by atoms with E-state index in [1.807, 2.05) is 6.92 Å². The number of benzene rings is 1. The molecule has 0 saturated heterocycles. The minimum atomic E-state index is -2.38. The molecular weight excluding hydrogens is 223 g/mol. The van der Waals surface area contributed by atoms with Crippen LogP contribution in [0.25, 0.3) is 11.0 Å². The Kier molecular flexibility index (Phi) is 3.56. The molecule has 0 atom stereocenters. The number of hydrogen-bond acceptors (Lipinski definition) is 5. The maximum Gasteiger partial charge on any atom is 0.264 e. The van der Waals surface area contributed by atoms with E-state index in [0.29, 0.717) is 17.9 Å². The van der Waals surface area contributed by atoms with Crippen molar-refractivity contribution in [3.8, 4) is 11.7 Å². The molecule has 6 heteroatoms. The number of rotatable bonds is 5. The van der Waals surface area contributed by atoms with Gasteiger partial charge in [-0.15, -0.1) is 0 Å². The lowest BCUT2D eigenvalue weighted by atomic mass is 10.2. The Labute approximate surface area is 98.7 Å². The van der Waals surface area contributed by atoms with Gasteiger partial charge in [0, 0.05) is 11.5 Å². The Morgan fingerprint density at radius 3 is 2.82 bits per heavy atom. The Morgan fingerprint density at radius 1 is 1.29 bits per heavy atom. The van der Waals surface area contributed by atoms with E-state index in [1.165, 1.54) is 6.07 Å². The van der Waals surface area contributed by atoms with Crippen LogP contribution in [0.2, 0.25) is 0 Å². The van der Waals surface area contributed by atoms with E-state index in [9.17, 15) is 10.0 Å². The largest absolute Gasteiger partial charge is 0.860 e. The van der Waals surface area contributed by atoms with E-state index in [2.05, 4.69) is 4.65 Å². The summed E-state index contributed by atoms with van der Waals surface area (Å²) in [6.45, 7) is 2.65. The minimum Gasteiger partial charge on any atom is -0.860 e. The number of ether oxygens (including phenoxy) is 1. The van der Waals surface area contributed by atoms with Crippen LogP contribution in [-0.4, -0.2) is 13.9 Å². The first-order valence-electron chi connectivity index (χ1n) is 5.33. The Morgan fingerprint density at radius 2 is 2.12 bits per heavy atom. The summed E-state index contributed by atoms with van der Waals surface area (Å²) in [4.78, 5) is 0. The predicted octanol–water partition coefficient (Wildman–Crippen LogP) is 0.306. The van der Waals surface area contributed by atoms with Gasteiger partial charge < -0.3 is 23.9 Å². The van der Waals surface area contributed by atoms with Crippen molar-refractivity contribution in [2.24, 2.45) is 0 Å². The van der Waals surface area contributed by atoms with Crippen molar-refractivity contribution in [3.05, 3.63) is 24.3 Å². The van der Waals surface area contributed by atoms with Crippen LogP contribution in [0.15, 0.2) is 28.7 Å². The lowest BCUT2D eigenvalue weighted by Gasteiger charge is -2.24. The van der Waals surface area contributed by atoms with Crippen LogP contribution in [0.5, 0.6) is 11.7 Å². The molecule has 0 fully saturated rings. The van der Waals surface area contributed by atoms with Gasteiger partial charge in [-0.3, -0.25) is 0 Å². The summed E-state index contributed by atoms with van der Waals surface area (Å²) in [5.74, 6) is 0.648. The van der Waals surface area contributed by atoms with Gasteiger partial charge in [-0.25, -0.2) is 0 Å². The highest BCUT2D eigenvalue weighted by Gasteiger charge is 2.05. The van der Waals surface area contributed by atoms with E-state index >= 15 is 0 Å². The average Bonchev–Trinajstić information content (AvgIpc) is 2.66. The molecule has 0 bridgehead atoms. The fourth-order valence-electron chi connectivity index (χ4n) is 1.46. The van der Waals surface area contributed by atoms with Crippen LogP contribution in [0.4, 0.5) is 0 Å². The molecule has 1 aromatic heterocycles. The molecule has 0 N–H and O–H groups in total. The van der Waals surface area contributed by atoms with Crippen molar-refractivity contribution < 1.29 is 23.9 Å². The molecule has 2 rings (SSSR count). The fraction of sp³-hybridized carbons (Fsp3) is 0.273. The van der Waals surface area contributed by atoms with Crippen molar-refractivity contribution in [1.82, 2.24) is 0 Å². The number of hydrogen-bond donors (Lipinski definition) is 0. The molecule has 0 aliphatic heterocycles. The fourth-order valence-corrected chi connectivity index (χ4v) is 1.46. The molecule has 2 aromatic rings. The van der Waals surface area contributed by atoms with Gasteiger partial charge in [0.05, 0.1) is 6.61 Å². The van der Waals surface area contributed by atoms with Crippen LogP contribution >= 0.6 is 0 Å². The summed E-state index contributed by atoms with van der Waals surface area (Å²) in [5.41, 5.74) is 0.546. The minimum absolute atomic E-state index is 0.0670. The van der Waals surface area contributed by atoms with E-state index in [-0.39, 0.29) is 5.95 Å². The molecule has 0 amide bonds. The number of fused-ring (bicyclic) bond motifs is 1. The molecule has 17 heavy (non-hydrogen) atoms. The first kappa shape index (κ1) is 11.8. The van der Waals surface area contributed by atoms with Gasteiger partial charge >= 0.3 is 0 Å². The first-order valence-corrected chi connectivity index (χ1v) is 5.33. The molecule has 1 heterocycles. The van der Waals surface area contributed by atoms with Crippen molar-refractivity contribution >= 4 is 18.3 Å². The van der Waals surface area contributed by atoms with Crippen LogP contribution < -0.4 is 19.4 Å². The topological polar surface area (TPSA) is 77.7 Å². The summed E-state index contributed by atoms with van der Waals surface area (Å²) in [5, 5.41) is 21.4. The van der Waals surface area contributed by atoms with Crippen LogP contribution in [0, 0.1) is 0 Å². The molecule has 0 aliphatic rings. The third-order valence-electron chi connectivity index (χ3n) is 2.15. The maximum atomic E-state index is 10.3. The van der Waals surface area contributed by atoms with E-state index in [1.54, 1.807) is 18.2 Å². The molecule has 5 nitrogen and oxygen atoms in total. The molecule has 0 unspecified atom stereocenters.